The molecule has 0 unspecified atom stereocenters. The first-order valence-corrected chi connectivity index (χ1v) is 6.31. The van der Waals surface area contributed by atoms with Crippen LogP contribution in [0.15, 0.2) is 0 Å². The van der Waals surface area contributed by atoms with Gasteiger partial charge in [-0.25, -0.2) is 0 Å². The van der Waals surface area contributed by atoms with Gasteiger partial charge in [-0.2, -0.15) is 5.10 Å². The molecule has 1 N–H and O–H groups in total. The zero-order chi connectivity index (χ0) is 13.7. The van der Waals surface area contributed by atoms with E-state index >= 15 is 0 Å². The summed E-state index contributed by atoms with van der Waals surface area (Å²) in [5.74, 6) is -0.0632. The summed E-state index contributed by atoms with van der Waals surface area (Å²) in [7, 11) is 0. The van der Waals surface area contributed by atoms with Crippen LogP contribution in [-0.2, 0) is 11.3 Å². The molecule has 1 heterocycles. The summed E-state index contributed by atoms with van der Waals surface area (Å²) < 4.78 is 1.58. The first-order valence-electron chi connectivity index (χ1n) is 6.31. The van der Waals surface area contributed by atoms with E-state index in [0.29, 0.717) is 11.3 Å². The third-order valence-corrected chi connectivity index (χ3v) is 3.20. The summed E-state index contributed by atoms with van der Waals surface area (Å²) in [5.41, 5.74) is 1.98. The van der Waals surface area contributed by atoms with Crippen LogP contribution in [0.1, 0.15) is 48.4 Å². The monoisotopic (exact) mass is 251 g/mol. The molecule has 1 rings (SSSR count). The molecule has 5 heteroatoms. The van der Waals surface area contributed by atoms with Gasteiger partial charge in [-0.15, -0.1) is 0 Å². The summed E-state index contributed by atoms with van der Waals surface area (Å²) in [6.07, 6.45) is 2.62. The van der Waals surface area contributed by atoms with Gasteiger partial charge < -0.3 is 5.32 Å². The molecule has 0 fully saturated rings. The molecule has 0 aliphatic rings. The van der Waals surface area contributed by atoms with Gasteiger partial charge in [0.05, 0.1) is 11.3 Å². The maximum absolute atomic E-state index is 11.8. The number of rotatable bonds is 6. The van der Waals surface area contributed by atoms with E-state index in [1.807, 2.05) is 13.8 Å². The molecule has 0 aliphatic carbocycles. The minimum atomic E-state index is -0.0632. The van der Waals surface area contributed by atoms with Crippen LogP contribution in [0.3, 0.4) is 0 Å². The normalized spacial score (nSPS) is 10.7. The second kappa shape index (κ2) is 6.33. The molecule has 0 aromatic carbocycles. The number of hydrogen-bond acceptors (Lipinski definition) is 3. The number of hydrogen-bond donors (Lipinski definition) is 1. The highest BCUT2D eigenvalue weighted by Crippen LogP contribution is 2.10. The third kappa shape index (κ3) is 3.18. The molecule has 0 radical (unpaired) electrons. The molecule has 0 aliphatic heterocycles. The van der Waals surface area contributed by atoms with Crippen molar-refractivity contribution in [3.8, 4) is 0 Å². The second-order valence-electron chi connectivity index (χ2n) is 4.44. The van der Waals surface area contributed by atoms with Crippen molar-refractivity contribution in [2.24, 2.45) is 0 Å². The molecule has 0 bridgehead atoms. The first-order chi connectivity index (χ1) is 8.53. The fourth-order valence-electron chi connectivity index (χ4n) is 1.94. The van der Waals surface area contributed by atoms with Crippen molar-refractivity contribution in [2.75, 3.05) is 0 Å². The number of nitrogens with zero attached hydrogens (tertiary/aromatic N) is 2. The Morgan fingerprint density at radius 3 is 2.44 bits per heavy atom. The van der Waals surface area contributed by atoms with E-state index in [9.17, 15) is 9.59 Å². The lowest BCUT2D eigenvalue weighted by Gasteiger charge is -2.15. The van der Waals surface area contributed by atoms with E-state index in [1.165, 1.54) is 0 Å². The predicted octanol–water partition coefficient (Wildman–Crippen LogP) is 1.62. The maximum atomic E-state index is 11.8. The van der Waals surface area contributed by atoms with Crippen LogP contribution in [0.2, 0.25) is 0 Å². The van der Waals surface area contributed by atoms with Crippen LogP contribution in [0.25, 0.3) is 0 Å². The molecule has 5 nitrogen and oxygen atoms in total. The van der Waals surface area contributed by atoms with Gasteiger partial charge >= 0.3 is 0 Å². The van der Waals surface area contributed by atoms with Crippen LogP contribution in [0.4, 0.5) is 0 Å². The summed E-state index contributed by atoms with van der Waals surface area (Å²) in [6.45, 7) is 7.82. The Hall–Kier alpha value is -1.65. The number of aryl methyl sites for hydroxylation is 1. The van der Waals surface area contributed by atoms with Crippen molar-refractivity contribution in [1.29, 1.82) is 0 Å². The van der Waals surface area contributed by atoms with Crippen molar-refractivity contribution in [3.05, 3.63) is 17.0 Å². The molecular formula is C13H21N3O2. The van der Waals surface area contributed by atoms with Crippen LogP contribution in [0.5, 0.6) is 0 Å². The summed E-state index contributed by atoms with van der Waals surface area (Å²) in [5, 5.41) is 7.16. The average molecular weight is 251 g/mol. The molecule has 0 saturated carbocycles. The minimum absolute atomic E-state index is 0.0632. The Balaban J connectivity index is 2.73. The molecule has 0 spiro atoms. The lowest BCUT2D eigenvalue weighted by molar-refractivity contribution is -0.122. The van der Waals surface area contributed by atoms with Crippen LogP contribution < -0.4 is 5.32 Å². The summed E-state index contributed by atoms with van der Waals surface area (Å²) in [4.78, 5) is 22.7. The third-order valence-electron chi connectivity index (χ3n) is 3.20. The van der Waals surface area contributed by atoms with Crippen LogP contribution in [0, 0.1) is 13.8 Å². The number of aromatic nitrogens is 2. The van der Waals surface area contributed by atoms with Gasteiger partial charge in [-0.1, -0.05) is 13.8 Å². The van der Waals surface area contributed by atoms with Gasteiger partial charge in [0.15, 0.2) is 6.29 Å². The number of amides is 1. The molecule has 0 saturated heterocycles. The number of carbonyl (C=O) groups is 2. The topological polar surface area (TPSA) is 64.0 Å². The summed E-state index contributed by atoms with van der Waals surface area (Å²) >= 11 is 0. The van der Waals surface area contributed by atoms with E-state index < -0.39 is 0 Å². The van der Waals surface area contributed by atoms with E-state index in [1.54, 1.807) is 18.5 Å². The Morgan fingerprint density at radius 2 is 2.00 bits per heavy atom. The zero-order valence-electron chi connectivity index (χ0n) is 11.5. The first kappa shape index (κ1) is 14.4. The van der Waals surface area contributed by atoms with Gasteiger partial charge in [0, 0.05) is 11.7 Å². The molecule has 0 atom stereocenters. The highest BCUT2D eigenvalue weighted by atomic mass is 16.2. The molecular weight excluding hydrogens is 230 g/mol. The smallest absolute Gasteiger partial charge is 0.241 e. The number of nitrogens with one attached hydrogen (secondary N) is 1. The fraction of sp³-hybridized carbons (Fsp3) is 0.615. The Morgan fingerprint density at radius 1 is 1.39 bits per heavy atom. The molecule has 18 heavy (non-hydrogen) atoms. The van der Waals surface area contributed by atoms with E-state index in [-0.39, 0.29) is 18.5 Å². The highest BCUT2D eigenvalue weighted by Gasteiger charge is 2.14. The molecule has 1 aromatic heterocycles. The van der Waals surface area contributed by atoms with Crippen molar-refractivity contribution in [3.63, 3.8) is 0 Å². The Bertz CT molecular complexity index is 434. The SMILES string of the molecule is CCC(CC)NC(=O)Cn1nc(C)c(C=O)c1C. The van der Waals surface area contributed by atoms with E-state index in [4.69, 9.17) is 0 Å². The van der Waals surface area contributed by atoms with E-state index in [2.05, 4.69) is 10.4 Å². The van der Waals surface area contributed by atoms with Crippen molar-refractivity contribution in [2.45, 2.75) is 53.1 Å². The lowest BCUT2D eigenvalue weighted by atomic mass is 10.2. The van der Waals surface area contributed by atoms with Gasteiger partial charge in [-0.05, 0) is 26.7 Å². The average Bonchev–Trinajstić information content (AvgIpc) is 2.61. The standard InChI is InChI=1S/C13H21N3O2/c1-5-11(6-2)14-13(18)7-16-10(4)12(8-17)9(3)15-16/h8,11H,5-7H2,1-4H3,(H,14,18). The lowest BCUT2D eigenvalue weighted by Crippen LogP contribution is -2.36. The quantitative estimate of drug-likeness (QED) is 0.781. The van der Waals surface area contributed by atoms with Gasteiger partial charge in [0.2, 0.25) is 5.91 Å². The van der Waals surface area contributed by atoms with Gasteiger partial charge in [-0.3, -0.25) is 14.3 Å². The maximum Gasteiger partial charge on any atom is 0.241 e. The number of carbonyl (C=O) groups excluding carboxylic acids is 2. The van der Waals surface area contributed by atoms with Gasteiger partial charge in [0.25, 0.3) is 0 Å². The molecule has 1 aromatic rings. The largest absolute Gasteiger partial charge is 0.352 e. The van der Waals surface area contributed by atoms with Crippen molar-refractivity contribution < 1.29 is 9.59 Å². The fourth-order valence-corrected chi connectivity index (χ4v) is 1.94. The van der Waals surface area contributed by atoms with Crippen LogP contribution in [-0.4, -0.2) is 28.0 Å². The van der Waals surface area contributed by atoms with Gasteiger partial charge in [0.1, 0.15) is 6.54 Å². The summed E-state index contributed by atoms with van der Waals surface area (Å²) in [6, 6.07) is 0.208. The van der Waals surface area contributed by atoms with Crippen molar-refractivity contribution in [1.82, 2.24) is 15.1 Å². The van der Waals surface area contributed by atoms with Crippen molar-refractivity contribution >= 4 is 12.2 Å². The Labute approximate surface area is 108 Å². The second-order valence-corrected chi connectivity index (χ2v) is 4.44. The number of aldehydes is 1. The molecule has 100 valence electrons. The zero-order valence-corrected chi connectivity index (χ0v) is 11.5. The van der Waals surface area contributed by atoms with Crippen LogP contribution >= 0.6 is 0 Å². The molecule has 1 amide bonds. The Kier molecular flexibility index (Phi) is 5.07. The minimum Gasteiger partial charge on any atom is -0.352 e. The highest BCUT2D eigenvalue weighted by molar-refractivity contribution is 5.79. The predicted molar refractivity (Wildman–Crippen MR) is 69.6 cm³/mol. The van der Waals surface area contributed by atoms with E-state index in [0.717, 1.165) is 24.8 Å².